The molecule has 1 aromatic carbocycles. The van der Waals surface area contributed by atoms with E-state index in [-0.39, 0.29) is 37.0 Å². The Hall–Kier alpha value is -1.91. The highest BCUT2D eigenvalue weighted by atomic mass is 35.5. The maximum absolute atomic E-state index is 13.8. The molecule has 0 atom stereocenters. The van der Waals surface area contributed by atoms with E-state index in [2.05, 4.69) is 4.98 Å². The molecule has 0 amide bonds. The van der Waals surface area contributed by atoms with E-state index in [0.29, 0.717) is 6.20 Å². The number of sulfonamides is 1. The van der Waals surface area contributed by atoms with Crippen LogP contribution >= 0.6 is 11.6 Å². The number of pyridine rings is 1. The van der Waals surface area contributed by atoms with Crippen molar-refractivity contribution in [3.63, 3.8) is 0 Å². The van der Waals surface area contributed by atoms with Crippen molar-refractivity contribution in [3.05, 3.63) is 52.9 Å². The molecule has 146 valence electrons. The van der Waals surface area contributed by atoms with E-state index in [1.165, 1.54) is 18.2 Å². The Morgan fingerprint density at radius 3 is 2.26 bits per heavy atom. The van der Waals surface area contributed by atoms with Gasteiger partial charge in [-0.1, -0.05) is 23.7 Å². The summed E-state index contributed by atoms with van der Waals surface area (Å²) < 4.78 is 78.2. The lowest BCUT2D eigenvalue weighted by Crippen LogP contribution is -2.49. The molecule has 27 heavy (non-hydrogen) atoms. The van der Waals surface area contributed by atoms with Crippen LogP contribution in [0.3, 0.4) is 0 Å². The molecule has 0 N–H and O–H groups in total. The van der Waals surface area contributed by atoms with Gasteiger partial charge in [-0.05, 0) is 18.2 Å². The fraction of sp³-hybridized carbons (Fsp3) is 0.312. The van der Waals surface area contributed by atoms with Gasteiger partial charge in [0.05, 0.1) is 10.6 Å². The first-order chi connectivity index (χ1) is 12.6. The van der Waals surface area contributed by atoms with Gasteiger partial charge >= 0.3 is 6.18 Å². The third kappa shape index (κ3) is 4.02. The number of benzene rings is 1. The molecule has 1 fully saturated rings. The van der Waals surface area contributed by atoms with E-state index < -0.39 is 32.5 Å². The molecule has 0 bridgehead atoms. The highest BCUT2D eigenvalue weighted by Gasteiger charge is 2.34. The molecule has 0 saturated carbocycles. The quantitative estimate of drug-likeness (QED) is 0.710. The summed E-state index contributed by atoms with van der Waals surface area (Å²) in [7, 11) is -4.01. The van der Waals surface area contributed by atoms with Gasteiger partial charge < -0.3 is 4.90 Å². The molecular weight excluding hydrogens is 410 g/mol. The molecule has 0 radical (unpaired) electrons. The summed E-state index contributed by atoms with van der Waals surface area (Å²) in [6.07, 6.45) is -3.87. The minimum absolute atomic E-state index is 0.0235. The molecule has 2 heterocycles. The number of hydrogen-bond donors (Lipinski definition) is 0. The van der Waals surface area contributed by atoms with Gasteiger partial charge in [-0.15, -0.1) is 0 Å². The van der Waals surface area contributed by atoms with Crippen LogP contribution in [0.15, 0.2) is 41.4 Å². The molecule has 1 aromatic heterocycles. The molecule has 3 rings (SSSR count). The van der Waals surface area contributed by atoms with E-state index in [4.69, 9.17) is 11.6 Å². The number of piperazine rings is 1. The Morgan fingerprint density at radius 1 is 1.07 bits per heavy atom. The summed E-state index contributed by atoms with van der Waals surface area (Å²) in [6.45, 7) is 0.364. The highest BCUT2D eigenvalue weighted by molar-refractivity contribution is 7.89. The summed E-state index contributed by atoms with van der Waals surface area (Å²) in [5, 5.41) is -0.171. The van der Waals surface area contributed by atoms with Crippen molar-refractivity contribution in [2.75, 3.05) is 31.1 Å². The second-order valence-electron chi connectivity index (χ2n) is 5.85. The molecule has 0 spiro atoms. The van der Waals surface area contributed by atoms with Crippen LogP contribution in [0.5, 0.6) is 0 Å². The van der Waals surface area contributed by atoms with Crippen LogP contribution in [0.1, 0.15) is 5.56 Å². The van der Waals surface area contributed by atoms with Crippen molar-refractivity contribution in [2.45, 2.75) is 11.1 Å². The third-order valence-corrected chi connectivity index (χ3v) is 6.35. The van der Waals surface area contributed by atoms with Crippen LogP contribution in [0.25, 0.3) is 0 Å². The van der Waals surface area contributed by atoms with Gasteiger partial charge in [-0.25, -0.2) is 17.8 Å². The number of alkyl halides is 3. The fourth-order valence-electron chi connectivity index (χ4n) is 2.75. The van der Waals surface area contributed by atoms with Gasteiger partial charge in [-0.2, -0.15) is 17.5 Å². The van der Waals surface area contributed by atoms with E-state index in [9.17, 15) is 26.0 Å². The Bertz CT molecular complexity index is 945. The van der Waals surface area contributed by atoms with Crippen LogP contribution in [0.4, 0.5) is 23.4 Å². The molecular formula is C16H14ClF4N3O2S. The third-order valence-electron chi connectivity index (χ3n) is 4.14. The number of halogens is 5. The number of anilines is 1. The van der Waals surface area contributed by atoms with Crippen molar-refractivity contribution >= 4 is 27.4 Å². The molecule has 5 nitrogen and oxygen atoms in total. The van der Waals surface area contributed by atoms with Crippen molar-refractivity contribution in [2.24, 2.45) is 0 Å². The van der Waals surface area contributed by atoms with Crippen LogP contribution in [0, 0.1) is 5.82 Å². The SMILES string of the molecule is O=S(=O)(c1ccccc1F)N1CCN(c2ncc(C(F)(F)F)cc2Cl)CC1. The number of aromatic nitrogens is 1. The van der Waals surface area contributed by atoms with E-state index in [0.717, 1.165) is 16.4 Å². The van der Waals surface area contributed by atoms with Gasteiger partial charge in [0.1, 0.15) is 16.5 Å². The van der Waals surface area contributed by atoms with Gasteiger partial charge in [0.15, 0.2) is 0 Å². The second-order valence-corrected chi connectivity index (χ2v) is 8.16. The topological polar surface area (TPSA) is 53.5 Å². The summed E-state index contributed by atoms with van der Waals surface area (Å²) in [4.78, 5) is 4.95. The lowest BCUT2D eigenvalue weighted by molar-refractivity contribution is -0.137. The first kappa shape index (κ1) is 19.8. The normalized spacial score (nSPS) is 16.6. The van der Waals surface area contributed by atoms with Crippen molar-refractivity contribution in [1.29, 1.82) is 0 Å². The summed E-state index contributed by atoms with van der Waals surface area (Å²) in [5.41, 5.74) is -0.961. The first-order valence-electron chi connectivity index (χ1n) is 7.83. The Morgan fingerprint density at radius 2 is 1.70 bits per heavy atom. The second kappa shape index (κ2) is 7.25. The Labute approximate surface area is 158 Å². The summed E-state index contributed by atoms with van der Waals surface area (Å²) >= 11 is 5.93. The number of rotatable bonds is 3. The molecule has 1 saturated heterocycles. The molecule has 1 aliphatic heterocycles. The predicted molar refractivity (Wildman–Crippen MR) is 91.6 cm³/mol. The molecule has 0 unspecified atom stereocenters. The molecule has 11 heteroatoms. The van der Waals surface area contributed by atoms with Crippen molar-refractivity contribution < 1.29 is 26.0 Å². The van der Waals surface area contributed by atoms with Crippen molar-refractivity contribution in [1.82, 2.24) is 9.29 Å². The molecule has 1 aliphatic rings. The van der Waals surface area contributed by atoms with E-state index >= 15 is 0 Å². The minimum Gasteiger partial charge on any atom is -0.353 e. The van der Waals surface area contributed by atoms with Crippen LogP contribution in [-0.4, -0.2) is 43.9 Å². The standard InChI is InChI=1S/C16H14ClF4N3O2S/c17-12-9-11(16(19,20)21)10-22-15(12)23-5-7-24(8-6-23)27(25,26)14-4-2-1-3-13(14)18/h1-4,9-10H,5-8H2. The Kier molecular flexibility index (Phi) is 5.33. The monoisotopic (exact) mass is 423 g/mol. The maximum Gasteiger partial charge on any atom is 0.417 e. The average Bonchev–Trinajstić information content (AvgIpc) is 2.61. The fourth-order valence-corrected chi connectivity index (χ4v) is 4.52. The predicted octanol–water partition coefficient (Wildman–Crippen LogP) is 3.40. The summed E-state index contributed by atoms with van der Waals surface area (Å²) in [6, 6.07) is 5.86. The Balaban J connectivity index is 1.75. The van der Waals surface area contributed by atoms with Gasteiger partial charge in [0, 0.05) is 32.4 Å². The van der Waals surface area contributed by atoms with Crippen LogP contribution < -0.4 is 4.90 Å². The minimum atomic E-state index is -4.55. The summed E-state index contributed by atoms with van der Waals surface area (Å²) in [5.74, 6) is -0.694. The molecule has 0 aliphatic carbocycles. The number of nitrogens with zero attached hydrogens (tertiary/aromatic N) is 3. The zero-order chi connectivity index (χ0) is 19.8. The lowest BCUT2D eigenvalue weighted by atomic mass is 10.2. The van der Waals surface area contributed by atoms with E-state index in [1.807, 2.05) is 0 Å². The zero-order valence-corrected chi connectivity index (χ0v) is 15.3. The van der Waals surface area contributed by atoms with Gasteiger partial charge in [-0.3, -0.25) is 0 Å². The van der Waals surface area contributed by atoms with Gasteiger partial charge in [0.25, 0.3) is 0 Å². The van der Waals surface area contributed by atoms with Crippen LogP contribution in [0.2, 0.25) is 5.02 Å². The lowest BCUT2D eigenvalue weighted by Gasteiger charge is -2.35. The average molecular weight is 424 g/mol. The van der Waals surface area contributed by atoms with Crippen LogP contribution in [-0.2, 0) is 16.2 Å². The maximum atomic E-state index is 13.8. The number of hydrogen-bond acceptors (Lipinski definition) is 4. The largest absolute Gasteiger partial charge is 0.417 e. The first-order valence-corrected chi connectivity index (χ1v) is 9.65. The zero-order valence-electron chi connectivity index (χ0n) is 13.7. The van der Waals surface area contributed by atoms with E-state index in [1.54, 1.807) is 4.90 Å². The highest BCUT2D eigenvalue weighted by Crippen LogP contribution is 2.34. The van der Waals surface area contributed by atoms with Gasteiger partial charge in [0.2, 0.25) is 10.0 Å². The van der Waals surface area contributed by atoms with Crippen molar-refractivity contribution in [3.8, 4) is 0 Å². The smallest absolute Gasteiger partial charge is 0.353 e. The molecule has 2 aromatic rings.